The quantitative estimate of drug-likeness (QED) is 0.801. The number of likely N-dealkylation sites (N-methyl/N-ethyl adjacent to an activating group) is 1. The van der Waals surface area contributed by atoms with E-state index in [0.29, 0.717) is 18.7 Å². The van der Waals surface area contributed by atoms with E-state index in [4.69, 9.17) is 5.73 Å². The first-order valence-corrected chi connectivity index (χ1v) is 7.75. The van der Waals surface area contributed by atoms with Crippen LogP contribution in [0.1, 0.15) is 22.8 Å². The Kier molecular flexibility index (Phi) is 6.17. The molecule has 5 heteroatoms. The van der Waals surface area contributed by atoms with Crippen molar-refractivity contribution in [3.63, 3.8) is 0 Å². The fraction of sp³-hybridized carbons (Fsp3) is 0.562. The van der Waals surface area contributed by atoms with Crippen molar-refractivity contribution in [1.82, 2.24) is 15.1 Å². The summed E-state index contributed by atoms with van der Waals surface area (Å²) in [6.45, 7) is 9.90. The first kappa shape index (κ1) is 15.9. The van der Waals surface area contributed by atoms with Gasteiger partial charge >= 0.3 is 0 Å². The second kappa shape index (κ2) is 8.12. The summed E-state index contributed by atoms with van der Waals surface area (Å²) >= 11 is 0. The summed E-state index contributed by atoms with van der Waals surface area (Å²) in [4.78, 5) is 16.9. The summed E-state index contributed by atoms with van der Waals surface area (Å²) in [6.07, 6.45) is 0. The molecule has 1 amide bonds. The van der Waals surface area contributed by atoms with Crippen molar-refractivity contribution < 1.29 is 4.79 Å². The fourth-order valence-electron chi connectivity index (χ4n) is 2.55. The van der Waals surface area contributed by atoms with Crippen molar-refractivity contribution in [2.75, 3.05) is 45.8 Å². The van der Waals surface area contributed by atoms with E-state index in [2.05, 4.69) is 22.0 Å². The van der Waals surface area contributed by atoms with Crippen molar-refractivity contribution >= 4 is 5.91 Å². The lowest BCUT2D eigenvalue weighted by Gasteiger charge is -2.33. The number of benzene rings is 1. The number of nitrogens with two attached hydrogens (primary N) is 1. The third-order valence-electron chi connectivity index (χ3n) is 4.08. The van der Waals surface area contributed by atoms with Crippen LogP contribution >= 0.6 is 0 Å². The van der Waals surface area contributed by atoms with Gasteiger partial charge < -0.3 is 16.0 Å². The SMILES string of the molecule is CCN1CCN(CCNC(=O)c2ccc(CN)cc2)CC1. The Morgan fingerprint density at radius 3 is 2.33 bits per heavy atom. The molecule has 116 valence electrons. The average molecular weight is 290 g/mol. The van der Waals surface area contributed by atoms with E-state index >= 15 is 0 Å². The Morgan fingerprint density at radius 1 is 1.14 bits per heavy atom. The summed E-state index contributed by atoms with van der Waals surface area (Å²) in [7, 11) is 0. The zero-order valence-corrected chi connectivity index (χ0v) is 12.8. The van der Waals surface area contributed by atoms with E-state index in [1.54, 1.807) is 0 Å². The van der Waals surface area contributed by atoms with Crippen LogP contribution < -0.4 is 11.1 Å². The number of nitrogens with zero attached hydrogens (tertiary/aromatic N) is 2. The molecule has 1 saturated heterocycles. The van der Waals surface area contributed by atoms with Gasteiger partial charge in [0.25, 0.3) is 5.91 Å². The molecular formula is C16H26N4O. The number of amides is 1. The molecular weight excluding hydrogens is 264 g/mol. The monoisotopic (exact) mass is 290 g/mol. The van der Waals surface area contributed by atoms with Crippen LogP contribution in [0.15, 0.2) is 24.3 Å². The van der Waals surface area contributed by atoms with Crippen LogP contribution in [-0.4, -0.2) is 61.5 Å². The number of hydrogen-bond donors (Lipinski definition) is 2. The third-order valence-corrected chi connectivity index (χ3v) is 4.08. The third kappa shape index (κ3) is 4.81. The Morgan fingerprint density at radius 2 is 1.76 bits per heavy atom. The lowest BCUT2D eigenvalue weighted by atomic mass is 10.1. The number of carbonyl (C=O) groups is 1. The summed E-state index contributed by atoms with van der Waals surface area (Å²) in [6, 6.07) is 7.47. The molecule has 0 spiro atoms. The molecule has 0 atom stereocenters. The van der Waals surface area contributed by atoms with Crippen LogP contribution in [0.5, 0.6) is 0 Å². The van der Waals surface area contributed by atoms with Gasteiger partial charge in [-0.3, -0.25) is 9.69 Å². The van der Waals surface area contributed by atoms with E-state index in [1.165, 1.54) is 0 Å². The molecule has 0 aliphatic carbocycles. The van der Waals surface area contributed by atoms with Crippen molar-refractivity contribution in [3.05, 3.63) is 35.4 Å². The second-order valence-corrected chi connectivity index (χ2v) is 5.43. The smallest absolute Gasteiger partial charge is 0.251 e. The minimum Gasteiger partial charge on any atom is -0.351 e. The highest BCUT2D eigenvalue weighted by Crippen LogP contribution is 2.04. The van der Waals surface area contributed by atoms with Gasteiger partial charge in [0.15, 0.2) is 0 Å². The molecule has 1 aliphatic rings. The lowest BCUT2D eigenvalue weighted by Crippen LogP contribution is -2.48. The van der Waals surface area contributed by atoms with Crippen molar-refractivity contribution in [3.8, 4) is 0 Å². The Bertz CT molecular complexity index is 438. The van der Waals surface area contributed by atoms with Gasteiger partial charge in [-0.2, -0.15) is 0 Å². The summed E-state index contributed by atoms with van der Waals surface area (Å²) in [5.41, 5.74) is 7.29. The second-order valence-electron chi connectivity index (χ2n) is 5.43. The Balaban J connectivity index is 1.69. The van der Waals surface area contributed by atoms with Gasteiger partial charge in [0.05, 0.1) is 0 Å². The van der Waals surface area contributed by atoms with E-state index in [1.807, 2.05) is 24.3 Å². The highest BCUT2D eigenvalue weighted by atomic mass is 16.1. The maximum absolute atomic E-state index is 12.0. The molecule has 1 aromatic carbocycles. The van der Waals surface area contributed by atoms with Gasteiger partial charge in [-0.1, -0.05) is 19.1 Å². The molecule has 1 fully saturated rings. The Hall–Kier alpha value is -1.43. The lowest BCUT2D eigenvalue weighted by molar-refractivity contribution is 0.0938. The van der Waals surface area contributed by atoms with Gasteiger partial charge in [0.2, 0.25) is 0 Å². The van der Waals surface area contributed by atoms with Crippen LogP contribution in [0.2, 0.25) is 0 Å². The average Bonchev–Trinajstić information content (AvgIpc) is 2.55. The van der Waals surface area contributed by atoms with Gasteiger partial charge in [-0.05, 0) is 24.2 Å². The van der Waals surface area contributed by atoms with Crippen LogP contribution in [0.3, 0.4) is 0 Å². The molecule has 2 rings (SSSR count). The molecule has 3 N–H and O–H groups in total. The van der Waals surface area contributed by atoms with E-state index < -0.39 is 0 Å². The molecule has 0 unspecified atom stereocenters. The van der Waals surface area contributed by atoms with Gasteiger partial charge in [-0.25, -0.2) is 0 Å². The maximum Gasteiger partial charge on any atom is 0.251 e. The molecule has 1 heterocycles. The van der Waals surface area contributed by atoms with Gasteiger partial charge in [0.1, 0.15) is 0 Å². The number of nitrogens with one attached hydrogen (secondary N) is 1. The molecule has 0 radical (unpaired) electrons. The maximum atomic E-state index is 12.0. The topological polar surface area (TPSA) is 61.6 Å². The normalized spacial score (nSPS) is 16.9. The van der Waals surface area contributed by atoms with Crippen molar-refractivity contribution in [2.24, 2.45) is 5.73 Å². The van der Waals surface area contributed by atoms with Crippen LogP contribution in [0.4, 0.5) is 0 Å². The molecule has 0 aromatic heterocycles. The first-order valence-electron chi connectivity index (χ1n) is 7.75. The summed E-state index contributed by atoms with van der Waals surface area (Å²) < 4.78 is 0. The van der Waals surface area contributed by atoms with E-state index in [0.717, 1.165) is 44.8 Å². The van der Waals surface area contributed by atoms with Crippen LogP contribution in [0, 0.1) is 0 Å². The standard InChI is InChI=1S/C16H26N4O/c1-2-19-9-11-20(12-10-19)8-7-18-16(21)15-5-3-14(13-17)4-6-15/h3-6H,2,7-13,17H2,1H3,(H,18,21). The molecule has 0 bridgehead atoms. The highest BCUT2D eigenvalue weighted by molar-refractivity contribution is 5.94. The highest BCUT2D eigenvalue weighted by Gasteiger charge is 2.15. The van der Waals surface area contributed by atoms with Crippen LogP contribution in [-0.2, 0) is 6.54 Å². The summed E-state index contributed by atoms with van der Waals surface area (Å²) in [5.74, 6) is -0.00855. The van der Waals surface area contributed by atoms with Crippen molar-refractivity contribution in [2.45, 2.75) is 13.5 Å². The zero-order valence-electron chi connectivity index (χ0n) is 12.8. The summed E-state index contributed by atoms with van der Waals surface area (Å²) in [5, 5.41) is 2.98. The van der Waals surface area contributed by atoms with E-state index in [9.17, 15) is 4.79 Å². The van der Waals surface area contributed by atoms with Crippen LogP contribution in [0.25, 0.3) is 0 Å². The minimum atomic E-state index is -0.00855. The van der Waals surface area contributed by atoms with Gasteiger partial charge in [0, 0.05) is 51.4 Å². The molecule has 1 aromatic rings. The number of rotatable bonds is 6. The van der Waals surface area contributed by atoms with E-state index in [-0.39, 0.29) is 5.91 Å². The predicted molar refractivity (Wildman–Crippen MR) is 85.2 cm³/mol. The number of hydrogen-bond acceptors (Lipinski definition) is 4. The fourth-order valence-corrected chi connectivity index (χ4v) is 2.55. The van der Waals surface area contributed by atoms with Gasteiger partial charge in [-0.15, -0.1) is 0 Å². The zero-order chi connectivity index (χ0) is 15.1. The molecule has 0 saturated carbocycles. The Labute approximate surface area is 127 Å². The number of carbonyl (C=O) groups excluding carboxylic acids is 1. The minimum absolute atomic E-state index is 0.00855. The molecule has 1 aliphatic heterocycles. The van der Waals surface area contributed by atoms with Crippen molar-refractivity contribution in [1.29, 1.82) is 0 Å². The first-order chi connectivity index (χ1) is 10.2. The number of piperazine rings is 1. The predicted octanol–water partition coefficient (Wildman–Crippen LogP) is 0.513. The largest absolute Gasteiger partial charge is 0.351 e. The molecule has 5 nitrogen and oxygen atoms in total. The molecule has 21 heavy (non-hydrogen) atoms.